The maximum Gasteiger partial charge on any atom is 0.285 e. The van der Waals surface area contributed by atoms with Crippen LogP contribution in [0, 0.1) is 5.82 Å². The molecule has 3 aromatic rings. The van der Waals surface area contributed by atoms with Gasteiger partial charge in [0.2, 0.25) is 0 Å². The minimum atomic E-state index is -3.70. The normalized spacial score (nSPS) is 14.0. The number of fused-ring (bicyclic) bond motifs is 1. The van der Waals surface area contributed by atoms with Gasteiger partial charge in [0.05, 0.1) is 0 Å². The van der Waals surface area contributed by atoms with Gasteiger partial charge in [-0.1, -0.05) is 30.3 Å². The van der Waals surface area contributed by atoms with Crippen LogP contribution in [0.5, 0.6) is 0 Å². The van der Waals surface area contributed by atoms with E-state index in [-0.39, 0.29) is 29.0 Å². The van der Waals surface area contributed by atoms with E-state index >= 15 is 0 Å². The number of carbonyl (C=O) groups is 1. The summed E-state index contributed by atoms with van der Waals surface area (Å²) in [6.07, 6.45) is 0. The van der Waals surface area contributed by atoms with E-state index in [1.807, 2.05) is 0 Å². The Hall–Kier alpha value is -3.52. The molecule has 0 spiro atoms. The number of amidine groups is 1. The smallest absolute Gasteiger partial charge is 0.285 e. The fraction of sp³-hybridized carbons (Fsp3) is 0.0476. The highest BCUT2D eigenvalue weighted by molar-refractivity contribution is 7.90. The van der Waals surface area contributed by atoms with E-state index in [1.165, 1.54) is 12.1 Å². The maximum atomic E-state index is 13.6. The monoisotopic (exact) mass is 409 g/mol. The van der Waals surface area contributed by atoms with Gasteiger partial charge in [0.15, 0.2) is 5.84 Å². The van der Waals surface area contributed by atoms with Crippen molar-refractivity contribution in [2.24, 2.45) is 4.40 Å². The van der Waals surface area contributed by atoms with Crippen LogP contribution in [-0.2, 0) is 16.6 Å². The van der Waals surface area contributed by atoms with Crippen molar-refractivity contribution < 1.29 is 17.6 Å². The van der Waals surface area contributed by atoms with Crippen LogP contribution in [0.25, 0.3) is 0 Å². The molecule has 3 aromatic carbocycles. The maximum absolute atomic E-state index is 13.6. The number of amides is 1. The number of hydrogen-bond donors (Lipinski definition) is 2. The molecule has 1 aliphatic heterocycles. The third-order valence-corrected chi connectivity index (χ3v) is 5.77. The van der Waals surface area contributed by atoms with E-state index in [0.717, 1.165) is 0 Å². The first-order chi connectivity index (χ1) is 13.9. The molecule has 146 valence electrons. The average molecular weight is 409 g/mol. The molecule has 1 amide bonds. The van der Waals surface area contributed by atoms with E-state index in [2.05, 4.69) is 15.0 Å². The second-order valence-corrected chi connectivity index (χ2v) is 7.96. The topological polar surface area (TPSA) is 87.6 Å². The number of nitrogens with one attached hydrogen (secondary N) is 2. The SMILES string of the molecule is O=C(NCc1ccccc1F)c1ccc(NC2=NS(=O)(=O)c3ccccc32)cc1. The van der Waals surface area contributed by atoms with Gasteiger partial charge in [-0.2, -0.15) is 8.42 Å². The molecule has 29 heavy (non-hydrogen) atoms. The summed E-state index contributed by atoms with van der Waals surface area (Å²) in [7, 11) is -3.70. The van der Waals surface area contributed by atoms with E-state index in [9.17, 15) is 17.6 Å². The van der Waals surface area contributed by atoms with Crippen LogP contribution in [0.4, 0.5) is 10.1 Å². The Kier molecular flexibility index (Phi) is 4.85. The van der Waals surface area contributed by atoms with E-state index in [1.54, 1.807) is 60.7 Å². The molecule has 0 aromatic heterocycles. The number of rotatable bonds is 4. The molecular weight excluding hydrogens is 393 g/mol. The summed E-state index contributed by atoms with van der Waals surface area (Å²) in [5.41, 5.74) is 1.88. The van der Waals surface area contributed by atoms with Gasteiger partial charge in [0, 0.05) is 28.9 Å². The molecule has 0 unspecified atom stereocenters. The molecule has 0 bridgehead atoms. The van der Waals surface area contributed by atoms with Gasteiger partial charge < -0.3 is 10.6 Å². The zero-order valence-corrected chi connectivity index (χ0v) is 15.9. The number of benzene rings is 3. The number of halogens is 1. The molecule has 2 N–H and O–H groups in total. The molecule has 0 saturated carbocycles. The Morgan fingerprint density at radius 2 is 1.62 bits per heavy atom. The van der Waals surface area contributed by atoms with Gasteiger partial charge in [-0.05, 0) is 42.5 Å². The number of nitrogens with zero attached hydrogens (tertiary/aromatic N) is 1. The molecule has 8 heteroatoms. The third-order valence-electron chi connectivity index (χ3n) is 4.44. The predicted molar refractivity (Wildman–Crippen MR) is 108 cm³/mol. The van der Waals surface area contributed by atoms with Crippen molar-refractivity contribution in [2.75, 3.05) is 5.32 Å². The molecule has 1 aliphatic rings. The van der Waals surface area contributed by atoms with Crippen LogP contribution in [0.3, 0.4) is 0 Å². The molecule has 0 radical (unpaired) electrons. The molecular formula is C21H16FN3O3S. The number of sulfonamides is 1. The molecule has 0 fully saturated rings. The minimum absolute atomic E-state index is 0.0803. The minimum Gasteiger partial charge on any atom is -0.348 e. The Morgan fingerprint density at radius 1 is 0.931 bits per heavy atom. The Bertz CT molecular complexity index is 1220. The van der Waals surface area contributed by atoms with E-state index in [4.69, 9.17) is 0 Å². The molecule has 0 aliphatic carbocycles. The van der Waals surface area contributed by atoms with Gasteiger partial charge in [-0.3, -0.25) is 4.79 Å². The Morgan fingerprint density at radius 3 is 2.38 bits per heavy atom. The van der Waals surface area contributed by atoms with Gasteiger partial charge in [0.25, 0.3) is 15.9 Å². The molecule has 0 atom stereocenters. The first kappa shape index (κ1) is 18.8. The molecule has 0 saturated heterocycles. The first-order valence-corrected chi connectivity index (χ1v) is 10.2. The van der Waals surface area contributed by atoms with Crippen LogP contribution in [0.2, 0.25) is 0 Å². The lowest BCUT2D eigenvalue weighted by Crippen LogP contribution is -2.23. The third kappa shape index (κ3) is 3.88. The Balaban J connectivity index is 1.45. The molecule has 4 rings (SSSR count). The second-order valence-electron chi connectivity index (χ2n) is 6.39. The van der Waals surface area contributed by atoms with Crippen molar-refractivity contribution in [2.45, 2.75) is 11.4 Å². The lowest BCUT2D eigenvalue weighted by molar-refractivity contribution is 0.0950. The van der Waals surface area contributed by atoms with E-state index in [0.29, 0.717) is 22.4 Å². The largest absolute Gasteiger partial charge is 0.348 e. The molecule has 6 nitrogen and oxygen atoms in total. The summed E-state index contributed by atoms with van der Waals surface area (Å²) < 4.78 is 41.6. The summed E-state index contributed by atoms with van der Waals surface area (Å²) in [6, 6.07) is 19.3. The summed E-state index contributed by atoms with van der Waals surface area (Å²) in [6.45, 7) is 0.0803. The van der Waals surface area contributed by atoms with Crippen LogP contribution in [-0.4, -0.2) is 20.2 Å². The Labute approximate surface area is 167 Å². The predicted octanol–water partition coefficient (Wildman–Crippen LogP) is 3.32. The van der Waals surface area contributed by atoms with Crippen molar-refractivity contribution in [3.63, 3.8) is 0 Å². The van der Waals surface area contributed by atoms with E-state index < -0.39 is 10.0 Å². The van der Waals surface area contributed by atoms with Gasteiger partial charge in [-0.15, -0.1) is 4.40 Å². The summed E-state index contributed by atoms with van der Waals surface area (Å²) in [5, 5.41) is 5.64. The second kappa shape index (κ2) is 7.48. The molecule has 1 heterocycles. The highest BCUT2D eigenvalue weighted by atomic mass is 32.2. The van der Waals surface area contributed by atoms with Gasteiger partial charge in [0.1, 0.15) is 10.7 Å². The number of anilines is 1. The summed E-state index contributed by atoms with van der Waals surface area (Å²) >= 11 is 0. The summed E-state index contributed by atoms with van der Waals surface area (Å²) in [5.74, 6) is -0.483. The van der Waals surface area contributed by atoms with Gasteiger partial charge in [-0.25, -0.2) is 4.39 Å². The first-order valence-electron chi connectivity index (χ1n) is 8.77. The zero-order valence-electron chi connectivity index (χ0n) is 15.1. The number of carbonyl (C=O) groups excluding carboxylic acids is 1. The summed E-state index contributed by atoms with van der Waals surface area (Å²) in [4.78, 5) is 12.4. The fourth-order valence-electron chi connectivity index (χ4n) is 2.96. The van der Waals surface area contributed by atoms with Crippen LogP contribution in [0.1, 0.15) is 21.5 Å². The number of hydrogen-bond acceptors (Lipinski definition) is 4. The van der Waals surface area contributed by atoms with Gasteiger partial charge >= 0.3 is 0 Å². The van der Waals surface area contributed by atoms with Crippen molar-refractivity contribution in [1.82, 2.24) is 5.32 Å². The average Bonchev–Trinajstić information content (AvgIpc) is 2.98. The lowest BCUT2D eigenvalue weighted by atomic mass is 10.1. The van der Waals surface area contributed by atoms with Crippen LogP contribution < -0.4 is 10.6 Å². The van der Waals surface area contributed by atoms with Crippen molar-refractivity contribution in [3.05, 3.63) is 95.3 Å². The lowest BCUT2D eigenvalue weighted by Gasteiger charge is -2.09. The van der Waals surface area contributed by atoms with Crippen LogP contribution >= 0.6 is 0 Å². The highest BCUT2D eigenvalue weighted by Crippen LogP contribution is 2.26. The van der Waals surface area contributed by atoms with Crippen LogP contribution in [0.15, 0.2) is 82.1 Å². The fourth-order valence-corrected chi connectivity index (χ4v) is 4.13. The highest BCUT2D eigenvalue weighted by Gasteiger charge is 2.28. The zero-order chi connectivity index (χ0) is 20.4. The van der Waals surface area contributed by atoms with Crippen molar-refractivity contribution in [1.29, 1.82) is 0 Å². The van der Waals surface area contributed by atoms with Crippen molar-refractivity contribution in [3.8, 4) is 0 Å². The van der Waals surface area contributed by atoms with Crippen molar-refractivity contribution >= 4 is 27.5 Å². The standard InChI is InChI=1S/C21H16FN3O3S/c22-18-7-3-1-5-15(18)13-23-21(26)14-9-11-16(12-10-14)24-20-17-6-2-4-8-19(17)29(27,28)25-20/h1-12H,13H2,(H,23,26)(H,24,25). The quantitative estimate of drug-likeness (QED) is 0.692.